The molecule has 24 heavy (non-hydrogen) atoms. The number of carbonyl (C=O) groups excluding carboxylic acids is 1. The molecule has 0 fully saturated rings. The van der Waals surface area contributed by atoms with Gasteiger partial charge in [0.25, 0.3) is 0 Å². The fourth-order valence-electron chi connectivity index (χ4n) is 1.49. The van der Waals surface area contributed by atoms with Crippen LogP contribution < -0.4 is 0 Å². The van der Waals surface area contributed by atoms with Crippen molar-refractivity contribution in [1.29, 1.82) is 0 Å². The number of ether oxygens (including phenoxy) is 5. The van der Waals surface area contributed by atoms with Crippen LogP contribution in [0.1, 0.15) is 66.7 Å². The van der Waals surface area contributed by atoms with Gasteiger partial charge in [-0.2, -0.15) is 0 Å². The molecule has 0 radical (unpaired) electrons. The Morgan fingerprint density at radius 1 is 0.667 bits per heavy atom. The summed E-state index contributed by atoms with van der Waals surface area (Å²) in [6.45, 7) is 12.7. The predicted octanol–water partition coefficient (Wildman–Crippen LogP) is 3.91. The quantitative estimate of drug-likeness (QED) is 0.349. The van der Waals surface area contributed by atoms with Crippen LogP contribution in [0.2, 0.25) is 0 Å². The van der Waals surface area contributed by atoms with Crippen molar-refractivity contribution >= 4 is 5.97 Å². The van der Waals surface area contributed by atoms with Crippen LogP contribution in [0, 0.1) is 0 Å². The van der Waals surface area contributed by atoms with Crippen molar-refractivity contribution in [2.45, 2.75) is 79.3 Å². The highest BCUT2D eigenvalue weighted by atomic mass is 16.8. The smallest absolute Gasteiger partial charge is 0.305 e. The van der Waals surface area contributed by atoms with Crippen LogP contribution >= 0.6 is 0 Å². The molecule has 0 N–H and O–H groups in total. The first-order chi connectivity index (χ1) is 11.6. The van der Waals surface area contributed by atoms with Gasteiger partial charge in [0.05, 0.1) is 7.11 Å². The molecule has 6 heteroatoms. The Labute approximate surface area is 148 Å². The van der Waals surface area contributed by atoms with Crippen molar-refractivity contribution in [1.82, 2.24) is 0 Å². The largest absolute Gasteiger partial charge is 0.469 e. The van der Waals surface area contributed by atoms with E-state index >= 15 is 0 Å². The third-order valence-corrected chi connectivity index (χ3v) is 2.68. The van der Waals surface area contributed by atoms with Gasteiger partial charge in [-0.15, -0.1) is 0 Å². The average Bonchev–Trinajstić information content (AvgIpc) is 2.62. The number of carbonyl (C=O) groups is 1. The fourth-order valence-corrected chi connectivity index (χ4v) is 1.49. The van der Waals surface area contributed by atoms with Gasteiger partial charge in [-0.05, 0) is 25.7 Å². The summed E-state index contributed by atoms with van der Waals surface area (Å²) in [5.41, 5.74) is 0. The van der Waals surface area contributed by atoms with E-state index in [0.717, 1.165) is 25.7 Å². The van der Waals surface area contributed by atoms with Crippen LogP contribution in [0.25, 0.3) is 0 Å². The first kappa shape index (κ1) is 25.5. The molecule has 0 amide bonds. The highest BCUT2D eigenvalue weighted by Gasteiger charge is 2.24. The molecule has 0 aromatic heterocycles. The molecule has 0 spiro atoms. The van der Waals surface area contributed by atoms with Gasteiger partial charge in [-0.1, -0.05) is 34.6 Å². The maximum Gasteiger partial charge on any atom is 0.305 e. The SMILES string of the molecule is CCC(=O)OC.CCCOC(OCCC)C(OCCC)OCCC. The monoisotopic (exact) mass is 350 g/mol. The highest BCUT2D eigenvalue weighted by Crippen LogP contribution is 2.10. The highest BCUT2D eigenvalue weighted by molar-refractivity contribution is 5.68. The van der Waals surface area contributed by atoms with Crippen LogP contribution in [0.3, 0.4) is 0 Å². The summed E-state index contributed by atoms with van der Waals surface area (Å²) in [5, 5.41) is 0. The zero-order chi connectivity index (χ0) is 18.6. The molecular weight excluding hydrogens is 312 g/mol. The van der Waals surface area contributed by atoms with E-state index in [4.69, 9.17) is 18.9 Å². The minimum atomic E-state index is -0.414. The Morgan fingerprint density at radius 2 is 0.958 bits per heavy atom. The topological polar surface area (TPSA) is 63.2 Å². The summed E-state index contributed by atoms with van der Waals surface area (Å²) in [4.78, 5) is 9.96. The van der Waals surface area contributed by atoms with Crippen molar-refractivity contribution in [3.05, 3.63) is 0 Å². The second-order valence-corrected chi connectivity index (χ2v) is 5.15. The normalized spacial score (nSPS) is 10.7. The molecule has 0 aromatic carbocycles. The van der Waals surface area contributed by atoms with Gasteiger partial charge in [0.1, 0.15) is 0 Å². The Bertz CT molecular complexity index is 220. The lowest BCUT2D eigenvalue weighted by molar-refractivity contribution is -0.286. The molecule has 0 atom stereocenters. The molecule has 0 aliphatic carbocycles. The maximum atomic E-state index is 9.96. The summed E-state index contributed by atoms with van der Waals surface area (Å²) in [6, 6.07) is 0. The Kier molecular flexibility index (Phi) is 21.7. The van der Waals surface area contributed by atoms with E-state index in [1.165, 1.54) is 7.11 Å². The van der Waals surface area contributed by atoms with E-state index in [1.54, 1.807) is 6.92 Å². The summed E-state index contributed by atoms with van der Waals surface area (Å²) >= 11 is 0. The molecular formula is C18H38O6. The number of hydrogen-bond donors (Lipinski definition) is 0. The summed E-state index contributed by atoms with van der Waals surface area (Å²) in [7, 11) is 1.38. The number of hydrogen-bond acceptors (Lipinski definition) is 6. The first-order valence-electron chi connectivity index (χ1n) is 9.14. The van der Waals surface area contributed by atoms with Gasteiger partial charge < -0.3 is 23.7 Å². The minimum absolute atomic E-state index is 0.157. The van der Waals surface area contributed by atoms with Crippen LogP contribution in [0.4, 0.5) is 0 Å². The molecule has 0 unspecified atom stereocenters. The van der Waals surface area contributed by atoms with Crippen LogP contribution in [0.15, 0.2) is 0 Å². The van der Waals surface area contributed by atoms with Crippen molar-refractivity contribution in [2.24, 2.45) is 0 Å². The molecule has 146 valence electrons. The van der Waals surface area contributed by atoms with Crippen LogP contribution in [0.5, 0.6) is 0 Å². The number of esters is 1. The second kappa shape index (κ2) is 20.4. The van der Waals surface area contributed by atoms with Crippen LogP contribution in [-0.2, 0) is 28.5 Å². The molecule has 0 rings (SSSR count). The van der Waals surface area contributed by atoms with Gasteiger partial charge in [-0.25, -0.2) is 0 Å². The third-order valence-electron chi connectivity index (χ3n) is 2.68. The van der Waals surface area contributed by atoms with E-state index in [-0.39, 0.29) is 5.97 Å². The van der Waals surface area contributed by atoms with E-state index < -0.39 is 12.6 Å². The van der Waals surface area contributed by atoms with Gasteiger partial charge in [0, 0.05) is 32.8 Å². The predicted molar refractivity (Wildman–Crippen MR) is 94.9 cm³/mol. The Balaban J connectivity index is 0. The summed E-state index contributed by atoms with van der Waals surface area (Å²) in [5.74, 6) is -0.157. The third kappa shape index (κ3) is 16.2. The molecule has 0 aliphatic heterocycles. The molecule has 0 bridgehead atoms. The molecule has 0 saturated heterocycles. The molecule has 6 nitrogen and oxygen atoms in total. The Hall–Kier alpha value is -0.690. The van der Waals surface area contributed by atoms with Crippen molar-refractivity contribution in [2.75, 3.05) is 33.5 Å². The van der Waals surface area contributed by atoms with Crippen molar-refractivity contribution in [3.8, 4) is 0 Å². The van der Waals surface area contributed by atoms with Crippen molar-refractivity contribution < 1.29 is 28.5 Å². The molecule has 0 aromatic rings. The van der Waals surface area contributed by atoms with Gasteiger partial charge in [-0.3, -0.25) is 4.79 Å². The summed E-state index contributed by atoms with van der Waals surface area (Å²) in [6.07, 6.45) is 3.48. The van der Waals surface area contributed by atoms with Gasteiger partial charge >= 0.3 is 5.97 Å². The van der Waals surface area contributed by atoms with Gasteiger partial charge in [0.15, 0.2) is 0 Å². The van der Waals surface area contributed by atoms with E-state index in [2.05, 4.69) is 32.4 Å². The first-order valence-corrected chi connectivity index (χ1v) is 9.14. The lowest BCUT2D eigenvalue weighted by Gasteiger charge is -2.27. The number of methoxy groups -OCH3 is 1. The average molecular weight is 350 g/mol. The second-order valence-electron chi connectivity index (χ2n) is 5.15. The maximum absolute atomic E-state index is 9.96. The molecule has 0 aliphatic rings. The van der Waals surface area contributed by atoms with Crippen molar-refractivity contribution in [3.63, 3.8) is 0 Å². The van der Waals surface area contributed by atoms with Crippen LogP contribution in [-0.4, -0.2) is 52.1 Å². The van der Waals surface area contributed by atoms with E-state index in [1.807, 2.05) is 0 Å². The lowest BCUT2D eigenvalue weighted by atomic mass is 10.4. The zero-order valence-corrected chi connectivity index (χ0v) is 16.5. The fraction of sp³-hybridized carbons (Fsp3) is 0.944. The molecule has 0 heterocycles. The lowest BCUT2D eigenvalue weighted by Crippen LogP contribution is -2.37. The van der Waals surface area contributed by atoms with E-state index in [0.29, 0.717) is 32.8 Å². The zero-order valence-electron chi connectivity index (χ0n) is 16.5. The summed E-state index contributed by atoms with van der Waals surface area (Å²) < 4.78 is 27.0. The van der Waals surface area contributed by atoms with Gasteiger partial charge in [0.2, 0.25) is 12.6 Å². The minimum Gasteiger partial charge on any atom is -0.469 e. The van der Waals surface area contributed by atoms with E-state index in [9.17, 15) is 4.79 Å². The Morgan fingerprint density at radius 3 is 1.08 bits per heavy atom. The number of rotatable bonds is 14. The standard InChI is InChI=1S/C14H30O4.C4H8O2/c1-5-9-15-13(16-10-6-2)14(17-11-7-3)18-12-8-4;1-3-4(5)6-2/h13-14H,5-12H2,1-4H3;3H2,1-2H3. The molecule has 0 saturated carbocycles.